The first kappa shape index (κ1) is 12.7. The van der Waals surface area contributed by atoms with E-state index in [1.54, 1.807) is 0 Å². The average molecular weight is 211 g/mol. The second-order valence-corrected chi connectivity index (χ2v) is 5.00. The summed E-state index contributed by atoms with van der Waals surface area (Å²) in [4.78, 5) is 14.1. The number of likely N-dealkylation sites (N-methyl/N-ethyl adjacent to an activating group) is 1. The minimum atomic E-state index is 0.376. The first-order chi connectivity index (χ1) is 7.15. The molecule has 15 heavy (non-hydrogen) atoms. The number of hydrogen-bond acceptors (Lipinski definition) is 2. The van der Waals surface area contributed by atoms with E-state index in [9.17, 15) is 4.79 Å². The standard InChI is InChI=1S/C13H25NO/c1-4-7-11(2)14(3)10-13(15)12-8-5-6-9-12/h11-12H,4-10H2,1-3H3. The Labute approximate surface area is 94.0 Å². The molecule has 2 nitrogen and oxygen atoms in total. The highest BCUT2D eigenvalue weighted by atomic mass is 16.1. The topological polar surface area (TPSA) is 20.3 Å². The predicted octanol–water partition coefficient (Wildman–Crippen LogP) is 2.87. The number of hydrogen-bond donors (Lipinski definition) is 0. The summed E-state index contributed by atoms with van der Waals surface area (Å²) in [5.74, 6) is 0.847. The van der Waals surface area contributed by atoms with Crippen LogP contribution in [0.3, 0.4) is 0 Å². The van der Waals surface area contributed by atoms with Gasteiger partial charge in [-0.1, -0.05) is 26.2 Å². The van der Waals surface area contributed by atoms with Crippen molar-refractivity contribution in [3.05, 3.63) is 0 Å². The van der Waals surface area contributed by atoms with Crippen molar-refractivity contribution in [2.24, 2.45) is 5.92 Å². The van der Waals surface area contributed by atoms with E-state index in [1.807, 2.05) is 0 Å². The minimum absolute atomic E-state index is 0.376. The van der Waals surface area contributed by atoms with Crippen LogP contribution in [-0.4, -0.2) is 30.3 Å². The number of nitrogens with zero attached hydrogens (tertiary/aromatic N) is 1. The Morgan fingerprint density at radius 1 is 1.40 bits per heavy atom. The molecule has 0 heterocycles. The molecular weight excluding hydrogens is 186 g/mol. The Bertz CT molecular complexity index is 197. The maximum absolute atomic E-state index is 11.9. The van der Waals surface area contributed by atoms with Gasteiger partial charge in [-0.25, -0.2) is 0 Å². The number of carbonyl (C=O) groups is 1. The van der Waals surface area contributed by atoms with Crippen LogP contribution < -0.4 is 0 Å². The van der Waals surface area contributed by atoms with E-state index in [-0.39, 0.29) is 0 Å². The van der Waals surface area contributed by atoms with Crippen LogP contribution in [0.5, 0.6) is 0 Å². The van der Waals surface area contributed by atoms with Gasteiger partial charge >= 0.3 is 0 Å². The van der Waals surface area contributed by atoms with Gasteiger partial charge in [0.15, 0.2) is 0 Å². The van der Waals surface area contributed by atoms with Gasteiger partial charge in [-0.2, -0.15) is 0 Å². The lowest BCUT2D eigenvalue weighted by Gasteiger charge is -2.24. The number of Topliss-reactive ketones (excluding diaryl/α,β-unsaturated/α-hetero) is 1. The maximum Gasteiger partial charge on any atom is 0.149 e. The number of carbonyl (C=O) groups excluding carboxylic acids is 1. The Hall–Kier alpha value is -0.370. The molecule has 0 bridgehead atoms. The molecule has 1 aliphatic rings. The molecule has 0 saturated heterocycles. The summed E-state index contributed by atoms with van der Waals surface area (Å²) in [7, 11) is 2.08. The lowest BCUT2D eigenvalue weighted by Crippen LogP contribution is -2.35. The van der Waals surface area contributed by atoms with Crippen molar-refractivity contribution in [3.63, 3.8) is 0 Å². The fourth-order valence-electron chi connectivity index (χ4n) is 2.42. The van der Waals surface area contributed by atoms with Crippen molar-refractivity contribution in [2.75, 3.05) is 13.6 Å². The highest BCUT2D eigenvalue weighted by Gasteiger charge is 2.24. The Balaban J connectivity index is 2.29. The van der Waals surface area contributed by atoms with Crippen molar-refractivity contribution in [3.8, 4) is 0 Å². The second kappa shape index (κ2) is 6.26. The molecule has 0 amide bonds. The van der Waals surface area contributed by atoms with Crippen LogP contribution >= 0.6 is 0 Å². The highest BCUT2D eigenvalue weighted by molar-refractivity contribution is 5.83. The first-order valence-electron chi connectivity index (χ1n) is 6.38. The van der Waals surface area contributed by atoms with Crippen LogP contribution in [0.4, 0.5) is 0 Å². The predicted molar refractivity (Wildman–Crippen MR) is 64.0 cm³/mol. The third-order valence-corrected chi connectivity index (χ3v) is 3.67. The molecule has 1 rings (SSSR count). The van der Waals surface area contributed by atoms with Gasteiger partial charge in [-0.3, -0.25) is 9.69 Å². The van der Waals surface area contributed by atoms with Gasteiger partial charge in [0.25, 0.3) is 0 Å². The summed E-state index contributed by atoms with van der Waals surface area (Å²) < 4.78 is 0. The summed E-state index contributed by atoms with van der Waals surface area (Å²) in [6.07, 6.45) is 7.16. The molecule has 1 saturated carbocycles. The largest absolute Gasteiger partial charge is 0.298 e. The molecule has 0 aromatic rings. The van der Waals surface area contributed by atoms with Crippen molar-refractivity contribution in [1.29, 1.82) is 0 Å². The summed E-state index contributed by atoms with van der Waals surface area (Å²) in [6.45, 7) is 5.07. The van der Waals surface area contributed by atoms with Crippen molar-refractivity contribution >= 4 is 5.78 Å². The summed E-state index contributed by atoms with van der Waals surface area (Å²) in [5, 5.41) is 0. The zero-order chi connectivity index (χ0) is 11.3. The highest BCUT2D eigenvalue weighted by Crippen LogP contribution is 2.25. The molecular formula is C13H25NO. The van der Waals surface area contributed by atoms with E-state index in [4.69, 9.17) is 0 Å². The van der Waals surface area contributed by atoms with Gasteiger partial charge in [-0.05, 0) is 33.2 Å². The Morgan fingerprint density at radius 2 is 2.00 bits per heavy atom. The maximum atomic E-state index is 11.9. The molecule has 0 aromatic heterocycles. The van der Waals surface area contributed by atoms with E-state index < -0.39 is 0 Å². The van der Waals surface area contributed by atoms with E-state index in [0.717, 1.165) is 12.8 Å². The molecule has 0 N–H and O–H groups in total. The lowest BCUT2D eigenvalue weighted by molar-refractivity contribution is -0.124. The second-order valence-electron chi connectivity index (χ2n) is 5.00. The first-order valence-corrected chi connectivity index (χ1v) is 6.38. The lowest BCUT2D eigenvalue weighted by atomic mass is 10.0. The third-order valence-electron chi connectivity index (χ3n) is 3.67. The monoisotopic (exact) mass is 211 g/mol. The molecule has 1 aliphatic carbocycles. The van der Waals surface area contributed by atoms with Crippen LogP contribution in [0.2, 0.25) is 0 Å². The average Bonchev–Trinajstić information content (AvgIpc) is 2.70. The van der Waals surface area contributed by atoms with E-state index >= 15 is 0 Å². The summed E-state index contributed by atoms with van der Waals surface area (Å²) in [6, 6.07) is 0.542. The van der Waals surface area contributed by atoms with E-state index in [0.29, 0.717) is 24.3 Å². The molecule has 0 spiro atoms. The SMILES string of the molecule is CCCC(C)N(C)CC(=O)C1CCCC1. The quantitative estimate of drug-likeness (QED) is 0.673. The molecule has 1 atom stereocenters. The van der Waals surface area contributed by atoms with Gasteiger partial charge in [0.1, 0.15) is 5.78 Å². The number of rotatable bonds is 6. The van der Waals surface area contributed by atoms with Crippen molar-refractivity contribution < 1.29 is 4.79 Å². The molecule has 88 valence electrons. The summed E-state index contributed by atoms with van der Waals surface area (Å²) in [5.41, 5.74) is 0. The molecule has 0 radical (unpaired) electrons. The molecule has 0 aromatic carbocycles. The van der Waals surface area contributed by atoms with Gasteiger partial charge < -0.3 is 0 Å². The van der Waals surface area contributed by atoms with E-state index in [2.05, 4.69) is 25.8 Å². The van der Waals surface area contributed by atoms with Crippen LogP contribution in [0.25, 0.3) is 0 Å². The third kappa shape index (κ3) is 3.94. The van der Waals surface area contributed by atoms with Gasteiger partial charge in [0.2, 0.25) is 0 Å². The normalized spacial score (nSPS) is 19.7. The van der Waals surface area contributed by atoms with Crippen LogP contribution in [0, 0.1) is 5.92 Å². The molecule has 1 fully saturated rings. The van der Waals surface area contributed by atoms with Crippen molar-refractivity contribution in [2.45, 2.75) is 58.4 Å². The van der Waals surface area contributed by atoms with Gasteiger partial charge in [0.05, 0.1) is 6.54 Å². The van der Waals surface area contributed by atoms with Gasteiger partial charge in [-0.15, -0.1) is 0 Å². The Kier molecular flexibility index (Phi) is 5.30. The molecule has 1 unspecified atom stereocenters. The zero-order valence-corrected chi connectivity index (χ0v) is 10.5. The van der Waals surface area contributed by atoms with Crippen LogP contribution in [-0.2, 0) is 4.79 Å². The summed E-state index contributed by atoms with van der Waals surface area (Å²) >= 11 is 0. The smallest absolute Gasteiger partial charge is 0.149 e. The molecule has 2 heteroatoms. The zero-order valence-electron chi connectivity index (χ0n) is 10.5. The van der Waals surface area contributed by atoms with Crippen LogP contribution in [0.1, 0.15) is 52.4 Å². The minimum Gasteiger partial charge on any atom is -0.298 e. The van der Waals surface area contributed by atoms with Gasteiger partial charge in [0, 0.05) is 12.0 Å². The number of ketones is 1. The fourth-order valence-corrected chi connectivity index (χ4v) is 2.42. The van der Waals surface area contributed by atoms with Crippen molar-refractivity contribution in [1.82, 2.24) is 4.90 Å². The fraction of sp³-hybridized carbons (Fsp3) is 0.923. The Morgan fingerprint density at radius 3 is 2.53 bits per heavy atom. The van der Waals surface area contributed by atoms with E-state index in [1.165, 1.54) is 25.7 Å². The van der Waals surface area contributed by atoms with Crippen LogP contribution in [0.15, 0.2) is 0 Å². The molecule has 0 aliphatic heterocycles.